The van der Waals surface area contributed by atoms with Crippen molar-refractivity contribution >= 4 is 23.0 Å². The van der Waals surface area contributed by atoms with Gasteiger partial charge in [-0.15, -0.1) is 0 Å². The molecule has 0 saturated carbocycles. The molecular weight excluding hydrogens is 376 g/mol. The number of piperazine rings is 1. The third kappa shape index (κ3) is 4.94. The van der Waals surface area contributed by atoms with Crippen LogP contribution in [0.4, 0.5) is 17.1 Å². The molecule has 1 fully saturated rings. The number of quaternary nitrogens is 1. The standard InChI is InChI=1S/C20H24N4O5/c1-28-15-7-8-16(18(13-15)24(26)27)21-20(25)14-22-9-11-23(12-10-22)17-5-3-4-6-19(17)29-2/h3-8,13H,9-12,14H2,1-2H3,(H,21,25)/p+1. The quantitative estimate of drug-likeness (QED) is 0.530. The van der Waals surface area contributed by atoms with Crippen molar-refractivity contribution in [1.29, 1.82) is 0 Å². The van der Waals surface area contributed by atoms with Crippen LogP contribution in [0.15, 0.2) is 42.5 Å². The van der Waals surface area contributed by atoms with Crippen molar-refractivity contribution in [3.8, 4) is 11.5 Å². The summed E-state index contributed by atoms with van der Waals surface area (Å²) in [7, 11) is 3.09. The summed E-state index contributed by atoms with van der Waals surface area (Å²) in [5, 5.41) is 13.9. The van der Waals surface area contributed by atoms with Gasteiger partial charge >= 0.3 is 0 Å². The van der Waals surface area contributed by atoms with E-state index < -0.39 is 4.92 Å². The van der Waals surface area contributed by atoms with E-state index in [9.17, 15) is 14.9 Å². The number of ether oxygens (including phenoxy) is 2. The lowest BCUT2D eigenvalue weighted by Gasteiger charge is -2.34. The Morgan fingerprint density at radius 1 is 1.17 bits per heavy atom. The number of carbonyl (C=O) groups is 1. The predicted molar refractivity (Wildman–Crippen MR) is 109 cm³/mol. The normalized spacial score (nSPS) is 14.3. The number of amides is 1. The molecule has 3 rings (SSSR count). The van der Waals surface area contributed by atoms with E-state index in [0.717, 1.165) is 42.5 Å². The molecule has 2 aromatic carbocycles. The number of nitro benzene ring substituents is 1. The van der Waals surface area contributed by atoms with Crippen LogP contribution < -0.4 is 24.6 Å². The molecule has 0 spiro atoms. The van der Waals surface area contributed by atoms with Crippen LogP contribution in [-0.4, -0.2) is 57.8 Å². The SMILES string of the molecule is COc1ccc(NC(=O)C[NH+]2CCN(c3ccccc3OC)CC2)c([N+](=O)[O-])c1. The minimum Gasteiger partial charge on any atom is -0.496 e. The first-order chi connectivity index (χ1) is 14.0. The zero-order chi connectivity index (χ0) is 20.8. The molecule has 1 aliphatic heterocycles. The van der Waals surface area contributed by atoms with Gasteiger partial charge in [-0.2, -0.15) is 0 Å². The number of nitrogens with zero attached hydrogens (tertiary/aromatic N) is 2. The molecule has 1 saturated heterocycles. The van der Waals surface area contributed by atoms with E-state index in [2.05, 4.69) is 10.2 Å². The maximum absolute atomic E-state index is 12.4. The lowest BCUT2D eigenvalue weighted by molar-refractivity contribution is -0.892. The number of nitro groups is 1. The summed E-state index contributed by atoms with van der Waals surface area (Å²) in [6, 6.07) is 12.3. The smallest absolute Gasteiger partial charge is 0.296 e. The van der Waals surface area contributed by atoms with Crippen LogP contribution in [0.5, 0.6) is 11.5 Å². The highest BCUT2D eigenvalue weighted by molar-refractivity contribution is 5.93. The van der Waals surface area contributed by atoms with Crippen LogP contribution in [0.2, 0.25) is 0 Å². The molecule has 1 heterocycles. The van der Waals surface area contributed by atoms with E-state index in [1.807, 2.05) is 24.3 Å². The van der Waals surface area contributed by atoms with Crippen LogP contribution in [0.3, 0.4) is 0 Å². The van der Waals surface area contributed by atoms with E-state index in [1.54, 1.807) is 13.2 Å². The molecule has 0 unspecified atom stereocenters. The molecule has 2 N–H and O–H groups in total. The minimum absolute atomic E-state index is 0.174. The monoisotopic (exact) mass is 401 g/mol. The topological polar surface area (TPSA) is 98.4 Å². The van der Waals surface area contributed by atoms with Gasteiger partial charge in [-0.25, -0.2) is 0 Å². The molecule has 29 heavy (non-hydrogen) atoms. The first-order valence-corrected chi connectivity index (χ1v) is 9.35. The Morgan fingerprint density at radius 3 is 2.55 bits per heavy atom. The lowest BCUT2D eigenvalue weighted by Crippen LogP contribution is -3.15. The number of nitrogens with one attached hydrogen (secondary N) is 2. The average molecular weight is 401 g/mol. The fraction of sp³-hybridized carbons (Fsp3) is 0.350. The Bertz CT molecular complexity index is 881. The Labute approximate surface area is 169 Å². The maximum atomic E-state index is 12.4. The number of hydrogen-bond donors (Lipinski definition) is 2. The van der Waals surface area contributed by atoms with Crippen molar-refractivity contribution in [2.24, 2.45) is 0 Å². The van der Waals surface area contributed by atoms with Gasteiger partial charge in [0.2, 0.25) is 0 Å². The molecule has 0 atom stereocenters. The summed E-state index contributed by atoms with van der Waals surface area (Å²) >= 11 is 0. The van der Waals surface area contributed by atoms with Gasteiger partial charge in [0.25, 0.3) is 11.6 Å². The molecule has 1 aliphatic rings. The predicted octanol–water partition coefficient (Wildman–Crippen LogP) is 0.956. The van der Waals surface area contributed by atoms with Crippen molar-refractivity contribution in [1.82, 2.24) is 0 Å². The molecule has 0 bridgehead atoms. The highest BCUT2D eigenvalue weighted by Crippen LogP contribution is 2.29. The number of rotatable bonds is 7. The fourth-order valence-electron chi connectivity index (χ4n) is 3.45. The second-order valence-electron chi connectivity index (χ2n) is 6.77. The minimum atomic E-state index is -0.531. The van der Waals surface area contributed by atoms with Crippen molar-refractivity contribution in [2.45, 2.75) is 0 Å². The summed E-state index contributed by atoms with van der Waals surface area (Å²) in [5.74, 6) is 0.951. The van der Waals surface area contributed by atoms with Gasteiger partial charge < -0.3 is 24.6 Å². The van der Waals surface area contributed by atoms with Gasteiger partial charge in [-0.3, -0.25) is 14.9 Å². The summed E-state index contributed by atoms with van der Waals surface area (Å²) in [6.07, 6.45) is 0. The number of hydrogen-bond acceptors (Lipinski definition) is 6. The lowest BCUT2D eigenvalue weighted by atomic mass is 10.2. The molecule has 9 nitrogen and oxygen atoms in total. The third-order valence-corrected chi connectivity index (χ3v) is 4.98. The van der Waals surface area contributed by atoms with Gasteiger partial charge in [-0.05, 0) is 24.3 Å². The number of methoxy groups -OCH3 is 2. The van der Waals surface area contributed by atoms with E-state index in [4.69, 9.17) is 9.47 Å². The van der Waals surface area contributed by atoms with Gasteiger partial charge in [0, 0.05) is 0 Å². The molecule has 2 aromatic rings. The van der Waals surface area contributed by atoms with Gasteiger partial charge in [-0.1, -0.05) is 12.1 Å². The Morgan fingerprint density at radius 2 is 1.90 bits per heavy atom. The Balaban J connectivity index is 1.57. The fourth-order valence-corrected chi connectivity index (χ4v) is 3.45. The van der Waals surface area contributed by atoms with Crippen molar-refractivity contribution in [3.63, 3.8) is 0 Å². The van der Waals surface area contributed by atoms with E-state index in [0.29, 0.717) is 5.75 Å². The van der Waals surface area contributed by atoms with Gasteiger partial charge in [0.05, 0.1) is 57.1 Å². The number of benzene rings is 2. The number of anilines is 2. The average Bonchev–Trinajstić information content (AvgIpc) is 2.74. The van der Waals surface area contributed by atoms with Crippen molar-refractivity contribution < 1.29 is 24.1 Å². The Hall–Kier alpha value is -3.33. The summed E-state index contributed by atoms with van der Waals surface area (Å²) < 4.78 is 10.4. The first-order valence-electron chi connectivity index (χ1n) is 9.35. The Kier molecular flexibility index (Phi) is 6.50. The first kappa shape index (κ1) is 20.4. The van der Waals surface area contributed by atoms with Crippen molar-refractivity contribution in [2.75, 3.05) is 57.2 Å². The van der Waals surface area contributed by atoms with Crippen LogP contribution in [-0.2, 0) is 4.79 Å². The third-order valence-electron chi connectivity index (χ3n) is 4.98. The number of carbonyl (C=O) groups excluding carboxylic acids is 1. The second kappa shape index (κ2) is 9.24. The molecule has 0 aromatic heterocycles. The maximum Gasteiger partial charge on any atom is 0.296 e. The van der Waals surface area contributed by atoms with Crippen LogP contribution >= 0.6 is 0 Å². The summed E-state index contributed by atoms with van der Waals surface area (Å²) in [5.41, 5.74) is 1.04. The second-order valence-corrected chi connectivity index (χ2v) is 6.77. The molecule has 9 heteroatoms. The number of para-hydroxylation sites is 2. The highest BCUT2D eigenvalue weighted by Gasteiger charge is 2.25. The highest BCUT2D eigenvalue weighted by atomic mass is 16.6. The molecule has 154 valence electrons. The van der Waals surface area contributed by atoms with Gasteiger partial charge in [0.1, 0.15) is 17.2 Å². The molecular formula is C20H25N4O5+. The zero-order valence-corrected chi connectivity index (χ0v) is 16.5. The molecule has 1 amide bonds. The zero-order valence-electron chi connectivity index (χ0n) is 16.5. The van der Waals surface area contributed by atoms with Crippen LogP contribution in [0, 0.1) is 10.1 Å². The molecule has 0 aliphatic carbocycles. The van der Waals surface area contributed by atoms with Crippen LogP contribution in [0.1, 0.15) is 0 Å². The van der Waals surface area contributed by atoms with Crippen molar-refractivity contribution in [3.05, 3.63) is 52.6 Å². The summed E-state index contributed by atoms with van der Waals surface area (Å²) in [6.45, 7) is 3.42. The largest absolute Gasteiger partial charge is 0.496 e. The van der Waals surface area contributed by atoms with E-state index in [-0.39, 0.29) is 23.8 Å². The van der Waals surface area contributed by atoms with E-state index in [1.165, 1.54) is 19.2 Å². The van der Waals surface area contributed by atoms with Crippen LogP contribution in [0.25, 0.3) is 0 Å². The summed E-state index contributed by atoms with van der Waals surface area (Å²) in [4.78, 5) is 26.5. The van der Waals surface area contributed by atoms with E-state index >= 15 is 0 Å². The molecule has 0 radical (unpaired) electrons. The van der Waals surface area contributed by atoms with Gasteiger partial charge in [0.15, 0.2) is 6.54 Å².